The average molecular weight is 216 g/mol. The molecular formula is C14H16O2. The SMILES string of the molecule is C=CCC(=O)CC1CCOc2ccccc21. The van der Waals surface area contributed by atoms with Gasteiger partial charge in [0.15, 0.2) is 0 Å². The van der Waals surface area contributed by atoms with Crippen LogP contribution in [0.1, 0.15) is 30.7 Å². The molecule has 2 heteroatoms. The molecule has 0 saturated heterocycles. The molecule has 2 rings (SSSR count). The van der Waals surface area contributed by atoms with Crippen molar-refractivity contribution < 1.29 is 9.53 Å². The van der Waals surface area contributed by atoms with Crippen molar-refractivity contribution in [2.75, 3.05) is 6.61 Å². The second-order valence-corrected chi connectivity index (χ2v) is 4.11. The number of para-hydroxylation sites is 1. The standard InChI is InChI=1S/C14H16O2/c1-2-5-12(15)10-11-8-9-16-14-7-4-3-6-13(11)14/h2-4,6-7,11H,1,5,8-10H2. The summed E-state index contributed by atoms with van der Waals surface area (Å²) in [5.41, 5.74) is 1.17. The first-order valence-electron chi connectivity index (χ1n) is 5.65. The Hall–Kier alpha value is -1.57. The van der Waals surface area contributed by atoms with Crippen molar-refractivity contribution in [3.8, 4) is 5.75 Å². The number of ether oxygens (including phenoxy) is 1. The predicted molar refractivity (Wildman–Crippen MR) is 63.7 cm³/mol. The van der Waals surface area contributed by atoms with E-state index in [0.717, 1.165) is 12.2 Å². The third-order valence-corrected chi connectivity index (χ3v) is 2.93. The van der Waals surface area contributed by atoms with Crippen LogP contribution >= 0.6 is 0 Å². The largest absolute Gasteiger partial charge is 0.493 e. The van der Waals surface area contributed by atoms with Gasteiger partial charge in [0.05, 0.1) is 6.61 Å². The number of Topliss-reactive ketones (excluding diaryl/α,β-unsaturated/α-hetero) is 1. The van der Waals surface area contributed by atoms with Crippen LogP contribution in [0.2, 0.25) is 0 Å². The van der Waals surface area contributed by atoms with E-state index in [0.29, 0.717) is 25.4 Å². The lowest BCUT2D eigenvalue weighted by atomic mass is 9.88. The molecule has 0 aliphatic carbocycles. The van der Waals surface area contributed by atoms with Gasteiger partial charge in [0.1, 0.15) is 11.5 Å². The number of allylic oxidation sites excluding steroid dienone is 1. The van der Waals surface area contributed by atoms with Crippen molar-refractivity contribution in [2.24, 2.45) is 0 Å². The van der Waals surface area contributed by atoms with Gasteiger partial charge < -0.3 is 4.74 Å². The highest BCUT2D eigenvalue weighted by Crippen LogP contribution is 2.35. The van der Waals surface area contributed by atoms with E-state index in [1.165, 1.54) is 5.56 Å². The number of carbonyl (C=O) groups excluding carboxylic acids is 1. The van der Waals surface area contributed by atoms with Crippen LogP contribution in [0.15, 0.2) is 36.9 Å². The number of carbonyl (C=O) groups is 1. The molecule has 1 heterocycles. The fourth-order valence-electron chi connectivity index (χ4n) is 2.15. The maximum atomic E-state index is 11.6. The van der Waals surface area contributed by atoms with Crippen molar-refractivity contribution in [3.05, 3.63) is 42.5 Å². The average Bonchev–Trinajstić information content (AvgIpc) is 2.30. The molecule has 0 aromatic heterocycles. The van der Waals surface area contributed by atoms with E-state index in [1.54, 1.807) is 6.08 Å². The lowest BCUT2D eigenvalue weighted by Crippen LogP contribution is -2.16. The highest BCUT2D eigenvalue weighted by atomic mass is 16.5. The van der Waals surface area contributed by atoms with Gasteiger partial charge >= 0.3 is 0 Å². The van der Waals surface area contributed by atoms with Gasteiger partial charge in [-0.2, -0.15) is 0 Å². The molecule has 0 fully saturated rings. The zero-order valence-corrected chi connectivity index (χ0v) is 9.32. The molecule has 1 aliphatic rings. The first-order valence-corrected chi connectivity index (χ1v) is 5.65. The van der Waals surface area contributed by atoms with Crippen molar-refractivity contribution in [2.45, 2.75) is 25.2 Å². The lowest BCUT2D eigenvalue weighted by molar-refractivity contribution is -0.118. The second kappa shape index (κ2) is 4.97. The third-order valence-electron chi connectivity index (χ3n) is 2.93. The molecule has 0 saturated carbocycles. The minimum atomic E-state index is 0.261. The molecule has 2 nitrogen and oxygen atoms in total. The molecule has 1 unspecified atom stereocenters. The van der Waals surface area contributed by atoms with Crippen molar-refractivity contribution in [1.82, 2.24) is 0 Å². The molecule has 0 N–H and O–H groups in total. The van der Waals surface area contributed by atoms with Gasteiger partial charge in [0, 0.05) is 12.8 Å². The fourth-order valence-corrected chi connectivity index (χ4v) is 2.15. The smallest absolute Gasteiger partial charge is 0.137 e. The van der Waals surface area contributed by atoms with Crippen molar-refractivity contribution >= 4 is 5.78 Å². The van der Waals surface area contributed by atoms with E-state index in [-0.39, 0.29) is 5.78 Å². The van der Waals surface area contributed by atoms with Crippen molar-refractivity contribution in [3.63, 3.8) is 0 Å². The first-order chi connectivity index (χ1) is 7.81. The van der Waals surface area contributed by atoms with Crippen molar-refractivity contribution in [1.29, 1.82) is 0 Å². The summed E-state index contributed by atoms with van der Waals surface area (Å²) in [6, 6.07) is 7.99. The molecule has 0 bridgehead atoms. The number of rotatable bonds is 4. The van der Waals surface area contributed by atoms with Crippen LogP contribution in [0.3, 0.4) is 0 Å². The Bertz CT molecular complexity index is 395. The van der Waals surface area contributed by atoms with E-state index in [1.807, 2.05) is 18.2 Å². The van der Waals surface area contributed by atoms with Crippen LogP contribution in [-0.2, 0) is 4.79 Å². The van der Waals surface area contributed by atoms with E-state index >= 15 is 0 Å². The highest BCUT2D eigenvalue weighted by molar-refractivity contribution is 5.80. The molecule has 0 spiro atoms. The molecule has 16 heavy (non-hydrogen) atoms. The summed E-state index contributed by atoms with van der Waals surface area (Å²) < 4.78 is 5.56. The van der Waals surface area contributed by atoms with Gasteiger partial charge in [-0.3, -0.25) is 4.79 Å². The van der Waals surface area contributed by atoms with E-state index in [4.69, 9.17) is 4.74 Å². The number of hydrogen-bond donors (Lipinski definition) is 0. The van der Waals surface area contributed by atoms with E-state index in [9.17, 15) is 4.79 Å². The summed E-state index contributed by atoms with van der Waals surface area (Å²) in [5, 5.41) is 0. The number of hydrogen-bond acceptors (Lipinski definition) is 2. The Labute approximate surface area is 95.9 Å². The molecule has 0 radical (unpaired) electrons. The lowest BCUT2D eigenvalue weighted by Gasteiger charge is -2.25. The molecule has 1 atom stereocenters. The molecule has 84 valence electrons. The number of fused-ring (bicyclic) bond motifs is 1. The minimum absolute atomic E-state index is 0.261. The first kappa shape index (κ1) is 10.9. The highest BCUT2D eigenvalue weighted by Gasteiger charge is 2.22. The van der Waals surface area contributed by atoms with Crippen LogP contribution in [-0.4, -0.2) is 12.4 Å². The van der Waals surface area contributed by atoms with Gasteiger partial charge in [0.2, 0.25) is 0 Å². The summed E-state index contributed by atoms with van der Waals surface area (Å²) in [4.78, 5) is 11.6. The third kappa shape index (κ3) is 2.32. The minimum Gasteiger partial charge on any atom is -0.493 e. The maximum absolute atomic E-state index is 11.6. The molecular weight excluding hydrogens is 200 g/mol. The summed E-state index contributed by atoms with van der Waals surface area (Å²) >= 11 is 0. The van der Waals surface area contributed by atoms with Gasteiger partial charge in [-0.1, -0.05) is 24.3 Å². The Morgan fingerprint density at radius 3 is 3.12 bits per heavy atom. The van der Waals surface area contributed by atoms with Gasteiger partial charge in [-0.25, -0.2) is 0 Å². The number of ketones is 1. The summed E-state index contributed by atoms with van der Waals surface area (Å²) in [6.45, 7) is 4.30. The molecule has 0 amide bonds. The molecule has 1 aliphatic heterocycles. The Kier molecular flexibility index (Phi) is 3.40. The zero-order valence-electron chi connectivity index (χ0n) is 9.32. The second-order valence-electron chi connectivity index (χ2n) is 4.11. The normalized spacial score (nSPS) is 18.4. The number of benzene rings is 1. The van der Waals surface area contributed by atoms with Crippen LogP contribution < -0.4 is 4.74 Å². The Morgan fingerprint density at radius 1 is 1.50 bits per heavy atom. The maximum Gasteiger partial charge on any atom is 0.137 e. The van der Waals surface area contributed by atoms with E-state index < -0.39 is 0 Å². The Balaban J connectivity index is 2.12. The van der Waals surface area contributed by atoms with Crippen LogP contribution in [0, 0.1) is 0 Å². The quantitative estimate of drug-likeness (QED) is 0.723. The van der Waals surface area contributed by atoms with Crippen LogP contribution in [0.5, 0.6) is 5.75 Å². The van der Waals surface area contributed by atoms with Crippen LogP contribution in [0.4, 0.5) is 0 Å². The monoisotopic (exact) mass is 216 g/mol. The topological polar surface area (TPSA) is 26.3 Å². The summed E-state index contributed by atoms with van der Waals surface area (Å²) in [7, 11) is 0. The van der Waals surface area contributed by atoms with Gasteiger partial charge in [-0.15, -0.1) is 6.58 Å². The predicted octanol–water partition coefficient (Wildman–Crippen LogP) is 3.09. The summed E-state index contributed by atoms with van der Waals surface area (Å²) in [5.74, 6) is 1.51. The molecule has 1 aromatic carbocycles. The molecule has 1 aromatic rings. The van der Waals surface area contributed by atoms with E-state index in [2.05, 4.69) is 12.6 Å². The van der Waals surface area contributed by atoms with Crippen LogP contribution in [0.25, 0.3) is 0 Å². The van der Waals surface area contributed by atoms with Gasteiger partial charge in [0.25, 0.3) is 0 Å². The van der Waals surface area contributed by atoms with Gasteiger partial charge in [-0.05, 0) is 24.0 Å². The Morgan fingerprint density at radius 2 is 2.31 bits per heavy atom. The zero-order chi connectivity index (χ0) is 11.4. The summed E-state index contributed by atoms with van der Waals surface area (Å²) in [6.07, 6.45) is 3.68. The fraction of sp³-hybridized carbons (Fsp3) is 0.357.